The van der Waals surface area contributed by atoms with Crippen LogP contribution in [0.2, 0.25) is 0 Å². The van der Waals surface area contributed by atoms with Crippen molar-refractivity contribution in [2.24, 2.45) is 0 Å². The molecule has 0 amide bonds. The Morgan fingerprint density at radius 1 is 1.24 bits per heavy atom. The molecule has 21 heavy (non-hydrogen) atoms. The van der Waals surface area contributed by atoms with Crippen molar-refractivity contribution in [1.29, 1.82) is 10.5 Å². The molecule has 7 heteroatoms. The van der Waals surface area contributed by atoms with Crippen molar-refractivity contribution in [2.45, 2.75) is 12.6 Å². The zero-order chi connectivity index (χ0) is 15.9. The third-order valence-electron chi connectivity index (χ3n) is 2.84. The molecule has 0 atom stereocenters. The van der Waals surface area contributed by atoms with Crippen LogP contribution in [0.15, 0.2) is 18.2 Å². The second-order valence-corrected chi connectivity index (χ2v) is 4.23. The van der Waals surface area contributed by atoms with Crippen molar-refractivity contribution in [3.63, 3.8) is 0 Å². The number of methoxy groups -OCH3 is 1. The number of rotatable bonds is 6. The number of nitrogens with zero attached hydrogens (tertiary/aromatic N) is 3. The highest BCUT2D eigenvalue weighted by Crippen LogP contribution is 2.32. The van der Waals surface area contributed by atoms with E-state index >= 15 is 0 Å². The molecule has 1 rings (SSSR count). The summed E-state index contributed by atoms with van der Waals surface area (Å²) < 4.78 is 42.9. The van der Waals surface area contributed by atoms with Gasteiger partial charge in [0.1, 0.15) is 6.07 Å². The average molecular weight is 297 g/mol. The SMILES string of the molecule is COCCN(CCC#N)c1ccc(C(F)(F)F)cc1C#N. The summed E-state index contributed by atoms with van der Waals surface area (Å²) >= 11 is 0. The van der Waals surface area contributed by atoms with E-state index in [0.29, 0.717) is 25.4 Å². The lowest BCUT2D eigenvalue weighted by atomic mass is 10.1. The fourth-order valence-electron chi connectivity index (χ4n) is 1.82. The maximum absolute atomic E-state index is 12.7. The Morgan fingerprint density at radius 2 is 1.95 bits per heavy atom. The summed E-state index contributed by atoms with van der Waals surface area (Å²) in [7, 11) is 1.50. The summed E-state index contributed by atoms with van der Waals surface area (Å²) in [4.78, 5) is 1.67. The molecule has 0 spiro atoms. The van der Waals surface area contributed by atoms with E-state index in [1.807, 2.05) is 6.07 Å². The highest BCUT2D eigenvalue weighted by molar-refractivity contribution is 5.61. The van der Waals surface area contributed by atoms with Gasteiger partial charge < -0.3 is 9.64 Å². The third kappa shape index (κ3) is 4.66. The van der Waals surface area contributed by atoms with Crippen LogP contribution in [0.25, 0.3) is 0 Å². The predicted octanol–water partition coefficient (Wildman–Crippen LogP) is 2.94. The summed E-state index contributed by atoms with van der Waals surface area (Å²) in [5.74, 6) is 0. The monoisotopic (exact) mass is 297 g/mol. The maximum Gasteiger partial charge on any atom is 0.416 e. The fourth-order valence-corrected chi connectivity index (χ4v) is 1.82. The molecule has 0 fully saturated rings. The molecule has 0 heterocycles. The van der Waals surface area contributed by atoms with Gasteiger partial charge in [-0.05, 0) is 18.2 Å². The van der Waals surface area contributed by atoms with Crippen molar-refractivity contribution in [3.05, 3.63) is 29.3 Å². The first-order valence-corrected chi connectivity index (χ1v) is 6.16. The van der Waals surface area contributed by atoms with Gasteiger partial charge in [-0.2, -0.15) is 23.7 Å². The first-order chi connectivity index (χ1) is 9.93. The first-order valence-electron chi connectivity index (χ1n) is 6.16. The molecular formula is C14H14F3N3O. The van der Waals surface area contributed by atoms with E-state index in [1.54, 1.807) is 11.0 Å². The second kappa shape index (κ2) is 7.51. The molecule has 0 N–H and O–H groups in total. The number of nitriles is 2. The van der Waals surface area contributed by atoms with Crippen LogP contribution in [0.1, 0.15) is 17.5 Å². The Hall–Kier alpha value is -2.25. The molecule has 112 valence electrons. The van der Waals surface area contributed by atoms with E-state index in [-0.39, 0.29) is 12.0 Å². The van der Waals surface area contributed by atoms with Crippen LogP contribution in [-0.2, 0) is 10.9 Å². The van der Waals surface area contributed by atoms with Gasteiger partial charge in [-0.3, -0.25) is 0 Å². The molecule has 1 aromatic carbocycles. The topological polar surface area (TPSA) is 60.0 Å². The number of anilines is 1. The molecule has 0 unspecified atom stereocenters. The summed E-state index contributed by atoms with van der Waals surface area (Å²) in [5.41, 5.74) is -0.563. The molecule has 4 nitrogen and oxygen atoms in total. The lowest BCUT2D eigenvalue weighted by molar-refractivity contribution is -0.137. The van der Waals surface area contributed by atoms with Gasteiger partial charge in [0.2, 0.25) is 0 Å². The van der Waals surface area contributed by atoms with Gasteiger partial charge >= 0.3 is 6.18 Å². The lowest BCUT2D eigenvalue weighted by Crippen LogP contribution is -2.29. The molecule has 0 aliphatic carbocycles. The van der Waals surface area contributed by atoms with E-state index in [0.717, 1.165) is 12.1 Å². The van der Waals surface area contributed by atoms with E-state index in [4.69, 9.17) is 15.3 Å². The van der Waals surface area contributed by atoms with E-state index in [2.05, 4.69) is 0 Å². The van der Waals surface area contributed by atoms with Crippen LogP contribution in [-0.4, -0.2) is 26.8 Å². The minimum absolute atomic E-state index is 0.0705. The average Bonchev–Trinajstić information content (AvgIpc) is 2.46. The number of hydrogen-bond acceptors (Lipinski definition) is 4. The van der Waals surface area contributed by atoms with Crippen LogP contribution in [0.3, 0.4) is 0 Å². The summed E-state index contributed by atoms with van der Waals surface area (Å²) in [6.45, 7) is 1.05. The number of ether oxygens (including phenoxy) is 1. The quantitative estimate of drug-likeness (QED) is 0.810. The van der Waals surface area contributed by atoms with Crippen LogP contribution in [0, 0.1) is 22.7 Å². The van der Waals surface area contributed by atoms with Gasteiger partial charge in [0.05, 0.1) is 35.9 Å². The van der Waals surface area contributed by atoms with Crippen LogP contribution in [0.5, 0.6) is 0 Å². The number of alkyl halides is 3. The molecule has 0 aliphatic heterocycles. The van der Waals surface area contributed by atoms with Gasteiger partial charge in [-0.25, -0.2) is 0 Å². The van der Waals surface area contributed by atoms with Crippen molar-refractivity contribution >= 4 is 5.69 Å². The summed E-state index contributed by atoms with van der Waals surface area (Å²) in [5, 5.41) is 17.7. The van der Waals surface area contributed by atoms with Crippen molar-refractivity contribution in [3.8, 4) is 12.1 Å². The Morgan fingerprint density at radius 3 is 2.48 bits per heavy atom. The normalized spacial score (nSPS) is 10.8. The first kappa shape index (κ1) is 16.8. The molecule has 0 aliphatic rings. The van der Waals surface area contributed by atoms with Crippen LogP contribution >= 0.6 is 0 Å². The van der Waals surface area contributed by atoms with Crippen molar-refractivity contribution < 1.29 is 17.9 Å². The fraction of sp³-hybridized carbons (Fsp3) is 0.429. The minimum Gasteiger partial charge on any atom is -0.383 e. The highest BCUT2D eigenvalue weighted by atomic mass is 19.4. The van der Waals surface area contributed by atoms with E-state index in [1.165, 1.54) is 13.2 Å². The Labute approximate surface area is 121 Å². The van der Waals surface area contributed by atoms with Gasteiger partial charge in [0.25, 0.3) is 0 Å². The molecule has 0 radical (unpaired) electrons. The Kier molecular flexibility index (Phi) is 6.01. The smallest absolute Gasteiger partial charge is 0.383 e. The van der Waals surface area contributed by atoms with E-state index < -0.39 is 11.7 Å². The molecule has 0 bridgehead atoms. The van der Waals surface area contributed by atoms with Crippen LogP contribution < -0.4 is 4.90 Å². The van der Waals surface area contributed by atoms with Crippen LogP contribution in [0.4, 0.5) is 18.9 Å². The largest absolute Gasteiger partial charge is 0.416 e. The second-order valence-electron chi connectivity index (χ2n) is 4.23. The van der Waals surface area contributed by atoms with E-state index in [9.17, 15) is 13.2 Å². The molecule has 0 aromatic heterocycles. The van der Waals surface area contributed by atoms with Gasteiger partial charge in [0, 0.05) is 20.2 Å². The third-order valence-corrected chi connectivity index (χ3v) is 2.84. The molecule has 0 saturated heterocycles. The van der Waals surface area contributed by atoms with Gasteiger partial charge in [0.15, 0.2) is 0 Å². The zero-order valence-corrected chi connectivity index (χ0v) is 11.4. The predicted molar refractivity (Wildman–Crippen MR) is 70.5 cm³/mol. The maximum atomic E-state index is 12.7. The standard InChI is InChI=1S/C14H14F3N3O/c1-21-8-7-20(6-2-5-18)13-4-3-12(14(15,16)17)9-11(13)10-19/h3-4,9H,2,6-8H2,1H3. The van der Waals surface area contributed by atoms with Crippen molar-refractivity contribution in [2.75, 3.05) is 31.7 Å². The number of halogens is 3. The van der Waals surface area contributed by atoms with Crippen molar-refractivity contribution in [1.82, 2.24) is 0 Å². The summed E-state index contributed by atoms with van der Waals surface area (Å²) in [6, 6.07) is 6.76. The highest BCUT2D eigenvalue weighted by Gasteiger charge is 2.31. The summed E-state index contributed by atoms with van der Waals surface area (Å²) in [6.07, 6.45) is -4.29. The molecule has 0 saturated carbocycles. The lowest BCUT2D eigenvalue weighted by Gasteiger charge is -2.25. The minimum atomic E-state index is -4.49. The zero-order valence-electron chi connectivity index (χ0n) is 11.4. The van der Waals surface area contributed by atoms with Gasteiger partial charge in [-0.15, -0.1) is 0 Å². The Balaban J connectivity index is 3.13. The number of hydrogen-bond donors (Lipinski definition) is 0. The Bertz CT molecular complexity index is 558. The molecule has 1 aromatic rings. The van der Waals surface area contributed by atoms with Gasteiger partial charge in [-0.1, -0.05) is 0 Å². The molecular weight excluding hydrogens is 283 g/mol. The number of benzene rings is 1.